The van der Waals surface area contributed by atoms with Crippen LogP contribution in [0.2, 0.25) is 0 Å². The molecule has 1 heterocycles. The van der Waals surface area contributed by atoms with E-state index in [-0.39, 0.29) is 43.9 Å². The molecule has 0 aromatic carbocycles. The van der Waals surface area contributed by atoms with E-state index in [9.17, 15) is 27.9 Å². The van der Waals surface area contributed by atoms with Crippen molar-refractivity contribution in [3.05, 3.63) is 29.1 Å². The molecule has 1 aromatic heterocycles. The Balaban J connectivity index is 2.32. The summed E-state index contributed by atoms with van der Waals surface area (Å²) in [5, 5.41) is 10.5. The van der Waals surface area contributed by atoms with E-state index in [2.05, 4.69) is 4.98 Å². The maximum atomic E-state index is 12.9. The fraction of sp³-hybridized carbons (Fsp3) is 0.588. The SMILES string of the molecule is COCCOCc1nc(C(F)(F)F)ccc1C(O)C1C(=O)CCCC1=O. The van der Waals surface area contributed by atoms with Gasteiger partial charge in [-0.3, -0.25) is 9.59 Å². The first-order chi connectivity index (χ1) is 12.3. The van der Waals surface area contributed by atoms with Crippen LogP contribution in [-0.2, 0) is 31.8 Å². The van der Waals surface area contributed by atoms with Crippen LogP contribution in [0.5, 0.6) is 0 Å². The summed E-state index contributed by atoms with van der Waals surface area (Å²) in [4.78, 5) is 27.6. The lowest BCUT2D eigenvalue weighted by atomic mass is 9.80. The third-order valence-electron chi connectivity index (χ3n) is 4.14. The number of aliphatic hydroxyl groups is 1. The highest BCUT2D eigenvalue weighted by Crippen LogP contribution is 2.34. The fourth-order valence-electron chi connectivity index (χ4n) is 2.83. The number of halogens is 3. The minimum Gasteiger partial charge on any atom is -0.387 e. The lowest BCUT2D eigenvalue weighted by Gasteiger charge is -2.26. The van der Waals surface area contributed by atoms with Crippen LogP contribution in [0.3, 0.4) is 0 Å². The Labute approximate surface area is 148 Å². The van der Waals surface area contributed by atoms with Gasteiger partial charge < -0.3 is 14.6 Å². The number of hydrogen-bond acceptors (Lipinski definition) is 6. The Morgan fingerprint density at radius 3 is 2.46 bits per heavy atom. The zero-order valence-corrected chi connectivity index (χ0v) is 14.2. The summed E-state index contributed by atoms with van der Waals surface area (Å²) in [6.45, 7) is 0.0382. The van der Waals surface area contributed by atoms with Crippen LogP contribution in [-0.4, -0.2) is 42.0 Å². The van der Waals surface area contributed by atoms with Crippen LogP contribution >= 0.6 is 0 Å². The van der Waals surface area contributed by atoms with E-state index in [1.54, 1.807) is 0 Å². The van der Waals surface area contributed by atoms with Gasteiger partial charge >= 0.3 is 6.18 Å². The molecule has 1 N–H and O–H groups in total. The first-order valence-electron chi connectivity index (χ1n) is 8.13. The number of aliphatic hydroxyl groups excluding tert-OH is 1. The zero-order valence-electron chi connectivity index (χ0n) is 14.2. The number of hydrogen-bond donors (Lipinski definition) is 1. The number of ketones is 2. The van der Waals surface area contributed by atoms with Crippen LogP contribution in [0.1, 0.15) is 42.3 Å². The number of ether oxygens (including phenoxy) is 2. The number of aromatic nitrogens is 1. The molecule has 0 aliphatic heterocycles. The summed E-state index contributed by atoms with van der Waals surface area (Å²) in [5.74, 6) is -2.11. The molecule has 0 amide bonds. The monoisotopic (exact) mass is 375 g/mol. The number of methoxy groups -OCH3 is 1. The smallest absolute Gasteiger partial charge is 0.387 e. The van der Waals surface area contributed by atoms with Gasteiger partial charge in [0.2, 0.25) is 0 Å². The lowest BCUT2D eigenvalue weighted by molar-refractivity contribution is -0.143. The number of carbonyl (C=O) groups excluding carboxylic acids is 2. The average molecular weight is 375 g/mol. The van der Waals surface area contributed by atoms with Crippen molar-refractivity contribution in [2.75, 3.05) is 20.3 Å². The highest BCUT2D eigenvalue weighted by molar-refractivity contribution is 6.05. The number of carbonyl (C=O) groups is 2. The van der Waals surface area contributed by atoms with E-state index >= 15 is 0 Å². The van der Waals surface area contributed by atoms with Crippen LogP contribution < -0.4 is 0 Å². The maximum Gasteiger partial charge on any atom is 0.433 e. The molecule has 0 radical (unpaired) electrons. The second kappa shape index (κ2) is 8.70. The summed E-state index contributed by atoms with van der Waals surface area (Å²) >= 11 is 0. The molecule has 9 heteroatoms. The van der Waals surface area contributed by atoms with Gasteiger partial charge in [-0.1, -0.05) is 6.07 Å². The van der Waals surface area contributed by atoms with E-state index in [0.29, 0.717) is 6.42 Å². The summed E-state index contributed by atoms with van der Waals surface area (Å²) in [7, 11) is 1.45. The van der Waals surface area contributed by atoms with Gasteiger partial charge in [0, 0.05) is 25.5 Å². The Morgan fingerprint density at radius 1 is 1.23 bits per heavy atom. The Morgan fingerprint density at radius 2 is 1.88 bits per heavy atom. The van der Waals surface area contributed by atoms with Gasteiger partial charge in [-0.2, -0.15) is 13.2 Å². The first-order valence-corrected chi connectivity index (χ1v) is 8.13. The van der Waals surface area contributed by atoms with Gasteiger partial charge in [0.15, 0.2) is 0 Å². The largest absolute Gasteiger partial charge is 0.433 e. The Kier molecular flexibility index (Phi) is 6.85. The molecule has 6 nitrogen and oxygen atoms in total. The second-order valence-electron chi connectivity index (χ2n) is 5.98. The molecule has 1 unspecified atom stereocenters. The van der Waals surface area contributed by atoms with Gasteiger partial charge in [-0.05, 0) is 12.5 Å². The number of Topliss-reactive ketones (excluding diaryl/α,β-unsaturated/α-hetero) is 2. The minimum absolute atomic E-state index is 0.0102. The highest BCUT2D eigenvalue weighted by Gasteiger charge is 2.39. The predicted molar refractivity (Wildman–Crippen MR) is 83.1 cm³/mol. The van der Waals surface area contributed by atoms with Crippen molar-refractivity contribution in [2.24, 2.45) is 5.92 Å². The molecular weight excluding hydrogens is 355 g/mol. The van der Waals surface area contributed by atoms with Gasteiger partial charge in [0.1, 0.15) is 23.2 Å². The van der Waals surface area contributed by atoms with Crippen molar-refractivity contribution in [3.8, 4) is 0 Å². The topological polar surface area (TPSA) is 85.7 Å². The number of nitrogens with zero attached hydrogens (tertiary/aromatic N) is 1. The predicted octanol–water partition coefficient (Wildman–Crippen LogP) is 2.24. The molecule has 1 saturated carbocycles. The second-order valence-corrected chi connectivity index (χ2v) is 5.98. The van der Waals surface area contributed by atoms with Gasteiger partial charge in [0.25, 0.3) is 0 Å². The standard InChI is InChI=1S/C17H20F3NO5/c1-25-7-8-26-9-11-10(5-6-14(21-11)17(18,19)20)16(24)15-12(22)3-2-4-13(15)23/h5-6,15-16,24H,2-4,7-9H2,1H3. The molecule has 1 atom stereocenters. The van der Waals surface area contributed by atoms with Crippen molar-refractivity contribution in [1.82, 2.24) is 4.98 Å². The summed E-state index contributed by atoms with van der Waals surface area (Å²) in [5.41, 5.74) is -1.31. The number of rotatable bonds is 7. The highest BCUT2D eigenvalue weighted by atomic mass is 19.4. The van der Waals surface area contributed by atoms with Crippen LogP contribution in [0.4, 0.5) is 13.2 Å². The molecule has 0 saturated heterocycles. The van der Waals surface area contributed by atoms with Crippen molar-refractivity contribution >= 4 is 11.6 Å². The van der Waals surface area contributed by atoms with Crippen molar-refractivity contribution < 1.29 is 37.3 Å². The van der Waals surface area contributed by atoms with E-state index in [4.69, 9.17) is 9.47 Å². The molecule has 2 rings (SSSR count). The third kappa shape index (κ3) is 4.87. The van der Waals surface area contributed by atoms with Crippen LogP contribution in [0, 0.1) is 5.92 Å². The molecule has 1 aromatic rings. The van der Waals surface area contributed by atoms with Gasteiger partial charge in [0.05, 0.1) is 31.6 Å². The number of pyridine rings is 1. The fourth-order valence-corrected chi connectivity index (χ4v) is 2.83. The molecular formula is C17H20F3NO5. The molecule has 1 aliphatic rings. The summed E-state index contributed by atoms with van der Waals surface area (Å²) < 4.78 is 48.8. The maximum absolute atomic E-state index is 12.9. The first kappa shape index (κ1) is 20.5. The Bertz CT molecular complexity index is 646. The van der Waals surface area contributed by atoms with E-state index in [0.717, 1.165) is 12.1 Å². The van der Waals surface area contributed by atoms with Crippen molar-refractivity contribution in [1.29, 1.82) is 0 Å². The van der Waals surface area contributed by atoms with Crippen LogP contribution in [0.25, 0.3) is 0 Å². The van der Waals surface area contributed by atoms with Gasteiger partial charge in [-0.25, -0.2) is 4.98 Å². The van der Waals surface area contributed by atoms with Crippen molar-refractivity contribution in [2.45, 2.75) is 38.1 Å². The lowest BCUT2D eigenvalue weighted by Crippen LogP contribution is -2.34. The average Bonchev–Trinajstić information content (AvgIpc) is 2.57. The van der Waals surface area contributed by atoms with E-state index in [1.807, 2.05) is 0 Å². The molecule has 144 valence electrons. The summed E-state index contributed by atoms with van der Waals surface area (Å²) in [6, 6.07) is 1.76. The van der Waals surface area contributed by atoms with E-state index < -0.39 is 35.5 Å². The number of alkyl halides is 3. The molecule has 0 spiro atoms. The molecule has 26 heavy (non-hydrogen) atoms. The molecule has 1 fully saturated rings. The third-order valence-corrected chi connectivity index (χ3v) is 4.14. The molecule has 1 aliphatic carbocycles. The van der Waals surface area contributed by atoms with Gasteiger partial charge in [-0.15, -0.1) is 0 Å². The molecule has 0 bridgehead atoms. The van der Waals surface area contributed by atoms with E-state index in [1.165, 1.54) is 7.11 Å². The summed E-state index contributed by atoms with van der Waals surface area (Å²) in [6.07, 6.45) is -5.49. The van der Waals surface area contributed by atoms with Crippen LogP contribution in [0.15, 0.2) is 12.1 Å². The quantitative estimate of drug-likeness (QED) is 0.581. The Hall–Kier alpha value is -1.84. The normalized spacial score (nSPS) is 17.6. The minimum atomic E-state index is -4.67. The van der Waals surface area contributed by atoms with Crippen molar-refractivity contribution in [3.63, 3.8) is 0 Å². The zero-order chi connectivity index (χ0) is 19.3.